The van der Waals surface area contributed by atoms with Gasteiger partial charge in [-0.05, 0) is 30.3 Å². The lowest BCUT2D eigenvalue weighted by Crippen LogP contribution is -2.41. The zero-order chi connectivity index (χ0) is 17.1. The van der Waals surface area contributed by atoms with E-state index < -0.39 is 5.97 Å². The summed E-state index contributed by atoms with van der Waals surface area (Å²) in [4.78, 5) is 24.8. The van der Waals surface area contributed by atoms with Crippen LogP contribution in [0.2, 0.25) is 0 Å². The van der Waals surface area contributed by atoms with Gasteiger partial charge in [-0.25, -0.2) is 4.79 Å². The number of hydrogen-bond acceptors (Lipinski definition) is 4. The maximum atomic E-state index is 12.3. The number of amides is 1. The van der Waals surface area contributed by atoms with Gasteiger partial charge in [0.05, 0.1) is 0 Å². The number of carbonyl (C=O) groups is 2. The molecular weight excluding hydrogens is 378 g/mol. The van der Waals surface area contributed by atoms with Crippen molar-refractivity contribution >= 4 is 27.8 Å². The third-order valence-electron chi connectivity index (χ3n) is 3.86. The molecule has 6 nitrogen and oxygen atoms in total. The first kappa shape index (κ1) is 16.6. The van der Waals surface area contributed by atoms with E-state index >= 15 is 0 Å². The molecule has 1 aromatic carbocycles. The number of carboxylic acids is 1. The highest BCUT2D eigenvalue weighted by Gasteiger charge is 2.27. The van der Waals surface area contributed by atoms with E-state index in [1.165, 1.54) is 12.1 Å². The van der Waals surface area contributed by atoms with Crippen LogP contribution in [0.15, 0.2) is 45.3 Å². The van der Waals surface area contributed by atoms with E-state index in [1.807, 2.05) is 24.3 Å². The van der Waals surface area contributed by atoms with E-state index in [0.29, 0.717) is 25.9 Å². The molecule has 1 N–H and O–H groups in total. The van der Waals surface area contributed by atoms with Crippen molar-refractivity contribution in [3.8, 4) is 5.75 Å². The monoisotopic (exact) mass is 393 g/mol. The van der Waals surface area contributed by atoms with Crippen molar-refractivity contribution in [2.24, 2.45) is 0 Å². The molecule has 0 spiro atoms. The Labute approximate surface area is 147 Å². The van der Waals surface area contributed by atoms with Crippen LogP contribution < -0.4 is 4.74 Å². The Balaban J connectivity index is 1.56. The molecule has 1 aliphatic rings. The van der Waals surface area contributed by atoms with Crippen LogP contribution in [0, 0.1) is 0 Å². The standard InChI is InChI=1S/C17H16BrNO5/c18-11-2-1-3-13(10-11)23-12-6-8-19(9-7-12)16(20)14-4-5-15(24-14)17(21)22/h1-5,10,12H,6-9H2,(H,21,22). The molecule has 3 rings (SSSR count). The summed E-state index contributed by atoms with van der Waals surface area (Å²) >= 11 is 3.41. The number of piperidine rings is 1. The second kappa shape index (κ2) is 7.09. The Kier molecular flexibility index (Phi) is 4.89. The summed E-state index contributed by atoms with van der Waals surface area (Å²) in [5.74, 6) is -0.852. The Morgan fingerprint density at radius 3 is 2.50 bits per heavy atom. The van der Waals surface area contributed by atoms with Crippen molar-refractivity contribution in [1.82, 2.24) is 4.90 Å². The molecule has 1 aliphatic heterocycles. The van der Waals surface area contributed by atoms with Gasteiger partial charge >= 0.3 is 5.97 Å². The van der Waals surface area contributed by atoms with E-state index in [0.717, 1.165) is 10.2 Å². The van der Waals surface area contributed by atoms with Gasteiger partial charge in [-0.2, -0.15) is 0 Å². The van der Waals surface area contributed by atoms with Gasteiger partial charge in [0.1, 0.15) is 11.9 Å². The van der Waals surface area contributed by atoms with E-state index in [-0.39, 0.29) is 23.5 Å². The molecule has 0 atom stereocenters. The number of hydrogen-bond donors (Lipinski definition) is 1. The fraction of sp³-hybridized carbons (Fsp3) is 0.294. The Morgan fingerprint density at radius 1 is 1.17 bits per heavy atom. The molecule has 1 aromatic heterocycles. The lowest BCUT2D eigenvalue weighted by Gasteiger charge is -2.31. The van der Waals surface area contributed by atoms with Crippen LogP contribution >= 0.6 is 15.9 Å². The van der Waals surface area contributed by atoms with Crippen LogP contribution in [0.1, 0.15) is 34.0 Å². The quantitative estimate of drug-likeness (QED) is 0.860. The van der Waals surface area contributed by atoms with Gasteiger partial charge in [0, 0.05) is 30.4 Å². The normalized spacial score (nSPS) is 15.3. The predicted octanol–water partition coefficient (Wildman–Crippen LogP) is 3.42. The van der Waals surface area contributed by atoms with Crippen LogP contribution in [-0.2, 0) is 0 Å². The Morgan fingerprint density at radius 2 is 1.88 bits per heavy atom. The minimum Gasteiger partial charge on any atom is -0.490 e. The minimum absolute atomic E-state index is 0.0505. The van der Waals surface area contributed by atoms with Crippen LogP contribution in [0.4, 0.5) is 0 Å². The van der Waals surface area contributed by atoms with Gasteiger partial charge in [-0.3, -0.25) is 4.79 Å². The number of carboxylic acid groups (broad SMARTS) is 1. The van der Waals surface area contributed by atoms with E-state index in [2.05, 4.69) is 15.9 Å². The molecular formula is C17H16BrNO5. The molecule has 1 fully saturated rings. The zero-order valence-corrected chi connectivity index (χ0v) is 14.4. The molecule has 0 aliphatic carbocycles. The van der Waals surface area contributed by atoms with Crippen LogP contribution in [0.5, 0.6) is 5.75 Å². The SMILES string of the molecule is O=C(O)c1ccc(C(=O)N2CCC(Oc3cccc(Br)c3)CC2)o1. The average Bonchev–Trinajstić information content (AvgIpc) is 3.05. The molecule has 0 bridgehead atoms. The number of aromatic carboxylic acids is 1. The van der Waals surface area contributed by atoms with Crippen molar-refractivity contribution in [1.29, 1.82) is 0 Å². The smallest absolute Gasteiger partial charge is 0.371 e. The molecule has 2 heterocycles. The van der Waals surface area contributed by atoms with Gasteiger partial charge in [-0.15, -0.1) is 0 Å². The maximum Gasteiger partial charge on any atom is 0.371 e. The lowest BCUT2D eigenvalue weighted by atomic mass is 10.1. The number of carbonyl (C=O) groups excluding carboxylic acids is 1. The van der Waals surface area contributed by atoms with E-state index in [1.54, 1.807) is 4.90 Å². The molecule has 1 amide bonds. The number of benzene rings is 1. The first-order valence-electron chi connectivity index (χ1n) is 7.57. The molecule has 2 aromatic rings. The van der Waals surface area contributed by atoms with Crippen LogP contribution in [0.3, 0.4) is 0 Å². The van der Waals surface area contributed by atoms with Crippen molar-refractivity contribution in [3.63, 3.8) is 0 Å². The summed E-state index contributed by atoms with van der Waals surface area (Å²) < 4.78 is 12.0. The fourth-order valence-electron chi connectivity index (χ4n) is 2.63. The largest absolute Gasteiger partial charge is 0.490 e. The highest BCUT2D eigenvalue weighted by atomic mass is 79.9. The second-order valence-corrected chi connectivity index (χ2v) is 6.45. The summed E-state index contributed by atoms with van der Waals surface area (Å²) in [5, 5.41) is 8.85. The highest BCUT2D eigenvalue weighted by Crippen LogP contribution is 2.23. The van der Waals surface area contributed by atoms with Gasteiger partial charge in [0.15, 0.2) is 5.76 Å². The number of rotatable bonds is 4. The summed E-state index contributed by atoms with van der Waals surface area (Å²) in [7, 11) is 0. The number of halogens is 1. The van der Waals surface area contributed by atoms with Crippen LogP contribution in [-0.4, -0.2) is 41.1 Å². The molecule has 0 saturated carbocycles. The average molecular weight is 394 g/mol. The predicted molar refractivity (Wildman–Crippen MR) is 89.4 cm³/mol. The molecule has 1 saturated heterocycles. The molecule has 0 radical (unpaired) electrons. The van der Waals surface area contributed by atoms with Crippen molar-refractivity contribution in [2.45, 2.75) is 18.9 Å². The first-order chi connectivity index (χ1) is 11.5. The Bertz CT molecular complexity index is 749. The summed E-state index contributed by atoms with van der Waals surface area (Å²) in [5.41, 5.74) is 0. The summed E-state index contributed by atoms with van der Waals surface area (Å²) in [6, 6.07) is 10.3. The number of ether oxygens (including phenoxy) is 1. The zero-order valence-electron chi connectivity index (χ0n) is 12.8. The number of likely N-dealkylation sites (tertiary alicyclic amines) is 1. The van der Waals surface area contributed by atoms with Gasteiger partial charge < -0.3 is 19.2 Å². The van der Waals surface area contributed by atoms with Crippen molar-refractivity contribution in [3.05, 3.63) is 52.4 Å². The Hall–Kier alpha value is -2.28. The van der Waals surface area contributed by atoms with Gasteiger partial charge in [0.2, 0.25) is 5.76 Å². The maximum absolute atomic E-state index is 12.3. The summed E-state index contributed by atoms with van der Waals surface area (Å²) in [6.45, 7) is 1.08. The van der Waals surface area contributed by atoms with Crippen molar-refractivity contribution < 1.29 is 23.8 Å². The third kappa shape index (κ3) is 3.79. The molecule has 0 unspecified atom stereocenters. The minimum atomic E-state index is -1.19. The first-order valence-corrected chi connectivity index (χ1v) is 8.37. The van der Waals surface area contributed by atoms with Gasteiger partial charge in [-0.1, -0.05) is 22.0 Å². The molecule has 24 heavy (non-hydrogen) atoms. The van der Waals surface area contributed by atoms with E-state index in [4.69, 9.17) is 14.3 Å². The van der Waals surface area contributed by atoms with E-state index in [9.17, 15) is 9.59 Å². The number of furan rings is 1. The fourth-order valence-corrected chi connectivity index (χ4v) is 3.01. The second-order valence-electron chi connectivity index (χ2n) is 5.54. The van der Waals surface area contributed by atoms with Crippen LogP contribution in [0.25, 0.3) is 0 Å². The topological polar surface area (TPSA) is 80.0 Å². The summed E-state index contributed by atoms with van der Waals surface area (Å²) in [6.07, 6.45) is 1.48. The van der Waals surface area contributed by atoms with Crippen molar-refractivity contribution in [2.75, 3.05) is 13.1 Å². The molecule has 7 heteroatoms. The third-order valence-corrected chi connectivity index (χ3v) is 4.35. The molecule has 126 valence electrons. The van der Waals surface area contributed by atoms with Gasteiger partial charge in [0.25, 0.3) is 5.91 Å². The lowest BCUT2D eigenvalue weighted by molar-refractivity contribution is 0.0559. The highest BCUT2D eigenvalue weighted by molar-refractivity contribution is 9.10. The number of nitrogens with zero attached hydrogens (tertiary/aromatic N) is 1.